The first-order valence-electron chi connectivity index (χ1n) is 4.49. The molecule has 1 atom stereocenters. The second-order valence-corrected chi connectivity index (χ2v) is 3.41. The van der Waals surface area contributed by atoms with E-state index in [2.05, 4.69) is 5.32 Å². The van der Waals surface area contributed by atoms with Gasteiger partial charge in [-0.15, -0.1) is 0 Å². The second-order valence-electron chi connectivity index (χ2n) is 3.41. The van der Waals surface area contributed by atoms with E-state index in [0.29, 0.717) is 0 Å². The summed E-state index contributed by atoms with van der Waals surface area (Å²) in [6, 6.07) is 0.197. The van der Waals surface area contributed by atoms with Crippen LogP contribution >= 0.6 is 0 Å². The van der Waals surface area contributed by atoms with Gasteiger partial charge in [-0.1, -0.05) is 6.92 Å². The number of likely N-dealkylation sites (N-methyl/N-ethyl adjacent to an activating group) is 1. The molecule has 0 radical (unpaired) electrons. The molecule has 0 heterocycles. The Morgan fingerprint density at radius 3 is 2.25 bits per heavy atom. The molecular weight excluding hydrogens is 152 g/mol. The minimum absolute atomic E-state index is 0.0302. The molecule has 0 fully saturated rings. The maximum atomic E-state index is 11.4. The first-order valence-corrected chi connectivity index (χ1v) is 4.49. The lowest BCUT2D eigenvalue weighted by molar-refractivity contribution is -0.125. The molecule has 3 nitrogen and oxygen atoms in total. The van der Waals surface area contributed by atoms with E-state index in [4.69, 9.17) is 0 Å². The SMILES string of the molecule is CCN(C)C(C)C(=O)NC(C)C. The van der Waals surface area contributed by atoms with E-state index in [1.165, 1.54) is 0 Å². The predicted molar refractivity (Wildman–Crippen MR) is 51.0 cm³/mol. The number of hydrogen-bond donors (Lipinski definition) is 1. The number of carbonyl (C=O) groups excluding carboxylic acids is 1. The molecule has 0 spiro atoms. The van der Waals surface area contributed by atoms with Gasteiger partial charge in [0.15, 0.2) is 0 Å². The highest BCUT2D eigenvalue weighted by molar-refractivity contribution is 5.81. The zero-order valence-corrected chi connectivity index (χ0v) is 8.72. The number of nitrogens with one attached hydrogen (secondary N) is 1. The number of amides is 1. The third-order valence-corrected chi connectivity index (χ3v) is 1.97. The van der Waals surface area contributed by atoms with E-state index in [0.717, 1.165) is 6.54 Å². The van der Waals surface area contributed by atoms with Gasteiger partial charge in [0.25, 0.3) is 0 Å². The molecule has 0 aromatic rings. The van der Waals surface area contributed by atoms with Crippen molar-refractivity contribution >= 4 is 5.91 Å². The highest BCUT2D eigenvalue weighted by Crippen LogP contribution is 1.95. The number of carbonyl (C=O) groups is 1. The van der Waals surface area contributed by atoms with Crippen molar-refractivity contribution in [1.29, 1.82) is 0 Å². The maximum absolute atomic E-state index is 11.4. The molecule has 0 aliphatic carbocycles. The van der Waals surface area contributed by atoms with E-state index in [1.807, 2.05) is 39.6 Å². The monoisotopic (exact) mass is 172 g/mol. The van der Waals surface area contributed by atoms with E-state index in [-0.39, 0.29) is 18.0 Å². The summed E-state index contributed by atoms with van der Waals surface area (Å²) in [7, 11) is 1.95. The van der Waals surface area contributed by atoms with Gasteiger partial charge in [-0.25, -0.2) is 0 Å². The van der Waals surface area contributed by atoms with E-state index in [9.17, 15) is 4.79 Å². The summed E-state index contributed by atoms with van der Waals surface area (Å²) in [6.45, 7) is 8.79. The average Bonchev–Trinajstić information content (AvgIpc) is 2.00. The van der Waals surface area contributed by atoms with Crippen molar-refractivity contribution in [3.8, 4) is 0 Å². The summed E-state index contributed by atoms with van der Waals surface area (Å²) < 4.78 is 0. The fraction of sp³-hybridized carbons (Fsp3) is 0.889. The zero-order valence-electron chi connectivity index (χ0n) is 8.72. The summed E-state index contributed by atoms with van der Waals surface area (Å²) in [6.07, 6.45) is 0. The Hall–Kier alpha value is -0.570. The molecule has 0 saturated heterocycles. The lowest BCUT2D eigenvalue weighted by Crippen LogP contribution is -2.45. The average molecular weight is 172 g/mol. The number of hydrogen-bond acceptors (Lipinski definition) is 2. The van der Waals surface area contributed by atoms with Crippen LogP contribution < -0.4 is 5.32 Å². The van der Waals surface area contributed by atoms with Gasteiger partial charge in [0, 0.05) is 6.04 Å². The van der Waals surface area contributed by atoms with Gasteiger partial charge in [-0.05, 0) is 34.4 Å². The summed E-state index contributed by atoms with van der Waals surface area (Å²) in [5.41, 5.74) is 0. The minimum Gasteiger partial charge on any atom is -0.353 e. The van der Waals surface area contributed by atoms with Crippen LogP contribution in [0.25, 0.3) is 0 Å². The van der Waals surface area contributed by atoms with Crippen molar-refractivity contribution in [1.82, 2.24) is 10.2 Å². The topological polar surface area (TPSA) is 32.3 Å². The van der Waals surface area contributed by atoms with Crippen LogP contribution in [0, 0.1) is 0 Å². The highest BCUT2D eigenvalue weighted by atomic mass is 16.2. The quantitative estimate of drug-likeness (QED) is 0.682. The molecule has 1 N–H and O–H groups in total. The number of nitrogens with zero attached hydrogens (tertiary/aromatic N) is 1. The van der Waals surface area contributed by atoms with Gasteiger partial charge in [0.05, 0.1) is 6.04 Å². The molecule has 12 heavy (non-hydrogen) atoms. The molecule has 1 amide bonds. The molecule has 0 bridgehead atoms. The van der Waals surface area contributed by atoms with Crippen LogP contribution in [-0.2, 0) is 4.79 Å². The Balaban J connectivity index is 3.92. The summed E-state index contributed by atoms with van der Waals surface area (Å²) in [5.74, 6) is 0.106. The molecule has 0 aliphatic rings. The Kier molecular flexibility index (Phi) is 4.90. The van der Waals surface area contributed by atoms with Crippen LogP contribution in [0.15, 0.2) is 0 Å². The van der Waals surface area contributed by atoms with Gasteiger partial charge in [-0.2, -0.15) is 0 Å². The van der Waals surface area contributed by atoms with E-state index in [1.54, 1.807) is 0 Å². The first kappa shape index (κ1) is 11.4. The molecule has 0 saturated carbocycles. The lowest BCUT2D eigenvalue weighted by Gasteiger charge is -2.23. The Labute approximate surface area is 75.1 Å². The molecule has 1 unspecified atom stereocenters. The second kappa shape index (κ2) is 5.14. The van der Waals surface area contributed by atoms with Crippen LogP contribution in [0.4, 0.5) is 0 Å². The summed E-state index contributed by atoms with van der Waals surface area (Å²) in [5, 5.41) is 2.88. The molecule has 0 rings (SSSR count). The van der Waals surface area contributed by atoms with Crippen LogP contribution in [-0.4, -0.2) is 36.5 Å². The predicted octanol–water partition coefficient (Wildman–Crippen LogP) is 0.851. The molecule has 0 aromatic heterocycles. The van der Waals surface area contributed by atoms with Crippen molar-refractivity contribution in [3.63, 3.8) is 0 Å². The smallest absolute Gasteiger partial charge is 0.237 e. The van der Waals surface area contributed by atoms with Gasteiger partial charge < -0.3 is 5.32 Å². The third-order valence-electron chi connectivity index (χ3n) is 1.97. The fourth-order valence-electron chi connectivity index (χ4n) is 0.879. The highest BCUT2D eigenvalue weighted by Gasteiger charge is 2.16. The largest absolute Gasteiger partial charge is 0.353 e. The molecule has 0 aromatic carbocycles. The van der Waals surface area contributed by atoms with Crippen molar-refractivity contribution in [3.05, 3.63) is 0 Å². The molecular formula is C9H20N2O. The van der Waals surface area contributed by atoms with Gasteiger partial charge >= 0.3 is 0 Å². The number of rotatable bonds is 4. The van der Waals surface area contributed by atoms with Crippen LogP contribution in [0.2, 0.25) is 0 Å². The molecule has 3 heteroatoms. The van der Waals surface area contributed by atoms with E-state index >= 15 is 0 Å². The standard InChI is InChI=1S/C9H20N2O/c1-6-11(5)8(4)9(12)10-7(2)3/h7-8H,6H2,1-5H3,(H,10,12). The molecule has 72 valence electrons. The Morgan fingerprint density at radius 1 is 1.42 bits per heavy atom. The van der Waals surface area contributed by atoms with Crippen LogP contribution in [0.1, 0.15) is 27.7 Å². The van der Waals surface area contributed by atoms with Crippen LogP contribution in [0.5, 0.6) is 0 Å². The Morgan fingerprint density at radius 2 is 1.92 bits per heavy atom. The normalized spacial score (nSPS) is 13.6. The third kappa shape index (κ3) is 3.72. The van der Waals surface area contributed by atoms with Crippen LogP contribution in [0.3, 0.4) is 0 Å². The van der Waals surface area contributed by atoms with Crippen molar-refractivity contribution in [2.75, 3.05) is 13.6 Å². The van der Waals surface area contributed by atoms with Crippen molar-refractivity contribution < 1.29 is 4.79 Å². The van der Waals surface area contributed by atoms with Gasteiger partial charge in [0.1, 0.15) is 0 Å². The molecule has 0 aliphatic heterocycles. The summed E-state index contributed by atoms with van der Waals surface area (Å²) >= 11 is 0. The van der Waals surface area contributed by atoms with Gasteiger partial charge in [-0.3, -0.25) is 9.69 Å². The maximum Gasteiger partial charge on any atom is 0.237 e. The lowest BCUT2D eigenvalue weighted by atomic mass is 10.2. The summed E-state index contributed by atoms with van der Waals surface area (Å²) in [4.78, 5) is 13.4. The van der Waals surface area contributed by atoms with Crippen molar-refractivity contribution in [2.24, 2.45) is 0 Å². The zero-order chi connectivity index (χ0) is 9.72. The van der Waals surface area contributed by atoms with Gasteiger partial charge in [0.2, 0.25) is 5.91 Å². The fourth-order valence-corrected chi connectivity index (χ4v) is 0.879. The minimum atomic E-state index is -0.0302. The van der Waals surface area contributed by atoms with Crippen molar-refractivity contribution in [2.45, 2.75) is 39.8 Å². The first-order chi connectivity index (χ1) is 5.49. The Bertz CT molecular complexity index is 145. The van der Waals surface area contributed by atoms with E-state index < -0.39 is 0 Å².